The molecule has 2 aromatic rings. The third-order valence-corrected chi connectivity index (χ3v) is 6.81. The van der Waals surface area contributed by atoms with Crippen LogP contribution >= 0.6 is 11.8 Å². The maximum absolute atomic E-state index is 13.8. The molecule has 1 N–H and O–H groups in total. The fourth-order valence-electron chi connectivity index (χ4n) is 3.99. The minimum atomic E-state index is -0.0741. The smallest absolute Gasteiger partial charge is 0.211 e. The first-order valence-electron chi connectivity index (χ1n) is 11.5. The molecule has 0 unspecified atom stereocenters. The zero-order valence-corrected chi connectivity index (χ0v) is 20.2. The van der Waals surface area contributed by atoms with Gasteiger partial charge < -0.3 is 10.2 Å². The molecule has 170 valence electrons. The summed E-state index contributed by atoms with van der Waals surface area (Å²) in [4.78, 5) is 13.9. The second-order valence-corrected chi connectivity index (χ2v) is 9.31. The van der Waals surface area contributed by atoms with Crippen molar-refractivity contribution in [2.45, 2.75) is 64.7 Å². The number of amides is 1. The standard InChI is InChI=1S/C14H20FN.C12H17NOS/c1-3-12-6-8-16(9-7-12)14-5-4-11(2)10-13(14)15;1-3-6-10-7-5-8-11(13-9-14)12(10)15-4-2/h4-5,10,12H,3,6-9H2,1-2H3;5,7-9H,3-4,6H2,1-2H3,(H,13,14). The zero-order valence-electron chi connectivity index (χ0n) is 19.4. The second-order valence-electron chi connectivity index (χ2n) is 8.03. The molecule has 0 atom stereocenters. The van der Waals surface area contributed by atoms with Crippen LogP contribution in [0.4, 0.5) is 15.8 Å². The van der Waals surface area contributed by atoms with E-state index in [4.69, 9.17) is 0 Å². The normalized spacial score (nSPS) is 14.0. The molecule has 0 radical (unpaired) electrons. The summed E-state index contributed by atoms with van der Waals surface area (Å²) in [7, 11) is 0. The quantitative estimate of drug-likeness (QED) is 0.349. The summed E-state index contributed by atoms with van der Waals surface area (Å²) in [6, 6.07) is 11.6. The van der Waals surface area contributed by atoms with Gasteiger partial charge in [0, 0.05) is 18.0 Å². The lowest BCUT2D eigenvalue weighted by Gasteiger charge is -2.33. The van der Waals surface area contributed by atoms with Crippen LogP contribution < -0.4 is 10.2 Å². The Morgan fingerprint density at radius 2 is 1.90 bits per heavy atom. The molecule has 0 saturated carbocycles. The van der Waals surface area contributed by atoms with Crippen molar-refractivity contribution < 1.29 is 9.18 Å². The van der Waals surface area contributed by atoms with E-state index >= 15 is 0 Å². The number of nitrogens with one attached hydrogen (secondary N) is 1. The molecule has 1 saturated heterocycles. The first-order chi connectivity index (χ1) is 15.0. The van der Waals surface area contributed by atoms with Gasteiger partial charge >= 0.3 is 0 Å². The topological polar surface area (TPSA) is 32.3 Å². The Morgan fingerprint density at radius 1 is 1.16 bits per heavy atom. The molecular formula is C26H37FN2OS. The Balaban J connectivity index is 0.000000221. The van der Waals surface area contributed by atoms with Crippen LogP contribution in [-0.4, -0.2) is 25.3 Å². The molecule has 1 heterocycles. The van der Waals surface area contributed by atoms with Crippen molar-refractivity contribution in [2.75, 3.05) is 29.1 Å². The van der Waals surface area contributed by atoms with Crippen LogP contribution in [-0.2, 0) is 11.2 Å². The number of nitrogens with zero attached hydrogens (tertiary/aromatic N) is 1. The van der Waals surface area contributed by atoms with Gasteiger partial charge in [0.25, 0.3) is 0 Å². The summed E-state index contributed by atoms with van der Waals surface area (Å²) in [5.74, 6) is 1.79. The lowest BCUT2D eigenvalue weighted by atomic mass is 9.94. The van der Waals surface area contributed by atoms with Gasteiger partial charge in [-0.3, -0.25) is 4.79 Å². The van der Waals surface area contributed by atoms with Gasteiger partial charge in [0.2, 0.25) is 6.41 Å². The molecule has 0 aliphatic carbocycles. The summed E-state index contributed by atoms with van der Waals surface area (Å²) < 4.78 is 13.8. The van der Waals surface area contributed by atoms with Gasteiger partial charge in [-0.2, -0.15) is 0 Å². The van der Waals surface area contributed by atoms with Gasteiger partial charge in [-0.15, -0.1) is 11.8 Å². The number of carbonyl (C=O) groups is 1. The molecule has 3 nitrogen and oxygen atoms in total. The number of rotatable bonds is 8. The van der Waals surface area contributed by atoms with Crippen LogP contribution in [0.5, 0.6) is 0 Å². The van der Waals surface area contributed by atoms with Crippen molar-refractivity contribution in [1.29, 1.82) is 0 Å². The SMILES string of the molecule is CCC1CCN(c2ccc(C)cc2F)CC1.CCCc1cccc(NC=O)c1SCC. The molecule has 0 bridgehead atoms. The number of aryl methyl sites for hydroxylation is 2. The molecule has 1 aliphatic rings. The lowest BCUT2D eigenvalue weighted by molar-refractivity contribution is -0.105. The monoisotopic (exact) mass is 444 g/mol. The van der Waals surface area contributed by atoms with E-state index in [1.165, 1.54) is 29.7 Å². The highest BCUT2D eigenvalue weighted by Crippen LogP contribution is 2.31. The Labute approximate surface area is 191 Å². The number of benzene rings is 2. The molecule has 1 fully saturated rings. The molecule has 3 rings (SSSR count). The molecule has 31 heavy (non-hydrogen) atoms. The fraction of sp³-hybridized carbons (Fsp3) is 0.500. The van der Waals surface area contributed by atoms with Crippen molar-refractivity contribution in [2.24, 2.45) is 5.92 Å². The molecule has 0 aromatic heterocycles. The fourth-order valence-corrected chi connectivity index (χ4v) is 4.92. The highest BCUT2D eigenvalue weighted by Gasteiger charge is 2.19. The number of halogens is 1. The number of hydrogen-bond donors (Lipinski definition) is 1. The minimum Gasteiger partial charge on any atom is -0.369 e. The van der Waals surface area contributed by atoms with Gasteiger partial charge in [-0.1, -0.05) is 51.8 Å². The predicted molar refractivity (Wildman–Crippen MR) is 133 cm³/mol. The first kappa shape index (κ1) is 25.3. The van der Waals surface area contributed by atoms with Crippen LogP contribution in [0.2, 0.25) is 0 Å². The van der Waals surface area contributed by atoms with Crippen LogP contribution in [0, 0.1) is 18.7 Å². The maximum Gasteiger partial charge on any atom is 0.211 e. The van der Waals surface area contributed by atoms with Gasteiger partial charge in [-0.05, 0) is 67.2 Å². The molecule has 1 aliphatic heterocycles. The summed E-state index contributed by atoms with van der Waals surface area (Å²) in [6.07, 6.45) is 6.58. The van der Waals surface area contributed by atoms with E-state index in [-0.39, 0.29) is 5.82 Å². The van der Waals surface area contributed by atoms with E-state index < -0.39 is 0 Å². The van der Waals surface area contributed by atoms with Crippen molar-refractivity contribution in [3.8, 4) is 0 Å². The maximum atomic E-state index is 13.8. The Hall–Kier alpha value is -2.01. The van der Waals surface area contributed by atoms with Crippen molar-refractivity contribution in [1.82, 2.24) is 0 Å². The van der Waals surface area contributed by atoms with E-state index in [9.17, 15) is 9.18 Å². The summed E-state index contributed by atoms with van der Waals surface area (Å²) in [6.45, 7) is 10.5. The Bertz CT molecular complexity index is 819. The zero-order chi connectivity index (χ0) is 22.6. The van der Waals surface area contributed by atoms with E-state index in [1.54, 1.807) is 17.8 Å². The average Bonchev–Trinajstić information content (AvgIpc) is 2.77. The van der Waals surface area contributed by atoms with E-state index in [2.05, 4.69) is 37.1 Å². The lowest BCUT2D eigenvalue weighted by Crippen LogP contribution is -2.34. The third kappa shape index (κ3) is 7.57. The van der Waals surface area contributed by atoms with Crippen molar-refractivity contribution in [3.63, 3.8) is 0 Å². The summed E-state index contributed by atoms with van der Waals surface area (Å²) in [5.41, 5.74) is 4.03. The number of carbonyl (C=O) groups excluding carboxylic acids is 1. The van der Waals surface area contributed by atoms with Gasteiger partial charge in [-0.25, -0.2) is 4.39 Å². The molecule has 2 aromatic carbocycles. The summed E-state index contributed by atoms with van der Waals surface area (Å²) >= 11 is 1.79. The molecule has 0 spiro atoms. The number of anilines is 2. The molecule has 1 amide bonds. The minimum absolute atomic E-state index is 0.0741. The second kappa shape index (κ2) is 13.4. The third-order valence-electron chi connectivity index (χ3n) is 5.75. The van der Waals surface area contributed by atoms with Crippen LogP contribution in [0.25, 0.3) is 0 Å². The van der Waals surface area contributed by atoms with Crippen LogP contribution in [0.3, 0.4) is 0 Å². The van der Waals surface area contributed by atoms with Gasteiger partial charge in [0.1, 0.15) is 5.82 Å². The summed E-state index contributed by atoms with van der Waals surface area (Å²) in [5, 5.41) is 2.76. The average molecular weight is 445 g/mol. The largest absolute Gasteiger partial charge is 0.369 e. The number of thioether (sulfide) groups is 1. The number of piperidine rings is 1. The highest BCUT2D eigenvalue weighted by molar-refractivity contribution is 7.99. The van der Waals surface area contributed by atoms with Crippen LogP contribution in [0.1, 0.15) is 57.6 Å². The van der Waals surface area contributed by atoms with Gasteiger partial charge in [0.15, 0.2) is 0 Å². The van der Waals surface area contributed by atoms with E-state index in [1.807, 2.05) is 31.2 Å². The Morgan fingerprint density at radius 3 is 2.48 bits per heavy atom. The van der Waals surface area contributed by atoms with Crippen molar-refractivity contribution >= 4 is 29.5 Å². The van der Waals surface area contributed by atoms with Crippen LogP contribution in [0.15, 0.2) is 41.3 Å². The highest BCUT2D eigenvalue weighted by atomic mass is 32.2. The van der Waals surface area contributed by atoms with E-state index in [0.717, 1.165) is 61.0 Å². The first-order valence-corrected chi connectivity index (χ1v) is 12.5. The van der Waals surface area contributed by atoms with E-state index in [0.29, 0.717) is 0 Å². The number of hydrogen-bond acceptors (Lipinski definition) is 3. The predicted octanol–water partition coefficient (Wildman–Crippen LogP) is 7.08. The Kier molecular flexibility index (Phi) is 10.9. The van der Waals surface area contributed by atoms with Gasteiger partial charge in [0.05, 0.1) is 11.4 Å². The molecular weight excluding hydrogens is 407 g/mol. The molecule has 5 heteroatoms. The van der Waals surface area contributed by atoms with Crippen molar-refractivity contribution in [3.05, 3.63) is 53.3 Å².